The highest BCUT2D eigenvalue weighted by atomic mass is 16.3. The molecule has 13 heavy (non-hydrogen) atoms. The first kappa shape index (κ1) is 8.82. The van der Waals surface area contributed by atoms with Gasteiger partial charge in [-0.05, 0) is 36.4 Å². The maximum absolute atomic E-state index is 5.71. The highest BCUT2D eigenvalue weighted by molar-refractivity contribution is 5.30. The quantitative estimate of drug-likeness (QED) is 0.756. The fourth-order valence-corrected chi connectivity index (χ4v) is 2.41. The minimum atomic E-state index is 0.331. The number of nitrogens with two attached hydrogens (primary N) is 1. The largest absolute Gasteiger partial charge is 0.469 e. The molecule has 2 heteroatoms. The van der Waals surface area contributed by atoms with Crippen LogP contribution in [0.2, 0.25) is 0 Å². The lowest BCUT2D eigenvalue weighted by molar-refractivity contribution is 0.479. The van der Waals surface area contributed by atoms with E-state index < -0.39 is 0 Å². The van der Waals surface area contributed by atoms with Crippen molar-refractivity contribution >= 4 is 0 Å². The van der Waals surface area contributed by atoms with Gasteiger partial charge >= 0.3 is 0 Å². The van der Waals surface area contributed by atoms with Crippen LogP contribution in [-0.4, -0.2) is 6.54 Å². The third-order valence-electron chi connectivity index (χ3n) is 3.49. The summed E-state index contributed by atoms with van der Waals surface area (Å²) in [4.78, 5) is 0. The van der Waals surface area contributed by atoms with Crippen molar-refractivity contribution in [1.82, 2.24) is 0 Å². The van der Waals surface area contributed by atoms with Crippen LogP contribution in [0.5, 0.6) is 0 Å². The second kappa shape index (κ2) is 2.61. The van der Waals surface area contributed by atoms with Crippen molar-refractivity contribution in [3.63, 3.8) is 0 Å². The lowest BCUT2D eigenvalue weighted by atomic mass is 10.1. The topological polar surface area (TPSA) is 39.2 Å². The summed E-state index contributed by atoms with van der Waals surface area (Å²) in [5.41, 5.74) is 7.30. The Kier molecular flexibility index (Phi) is 1.77. The van der Waals surface area contributed by atoms with Gasteiger partial charge in [0.1, 0.15) is 5.76 Å². The summed E-state index contributed by atoms with van der Waals surface area (Å²) >= 11 is 0. The summed E-state index contributed by atoms with van der Waals surface area (Å²) in [5.74, 6) is 2.27. The van der Waals surface area contributed by atoms with Gasteiger partial charge in [0.2, 0.25) is 0 Å². The molecule has 1 aliphatic rings. The molecule has 2 nitrogen and oxygen atoms in total. The first-order valence-corrected chi connectivity index (χ1v) is 4.83. The number of furan rings is 1. The smallest absolute Gasteiger partial charge is 0.110 e. The Morgan fingerprint density at radius 3 is 2.62 bits per heavy atom. The Hall–Kier alpha value is -0.760. The Morgan fingerprint density at radius 1 is 1.54 bits per heavy atom. The Balaban J connectivity index is 2.26. The minimum Gasteiger partial charge on any atom is -0.469 e. The van der Waals surface area contributed by atoms with Crippen LogP contribution in [0.1, 0.15) is 31.1 Å². The van der Waals surface area contributed by atoms with Crippen LogP contribution in [-0.2, 0) is 0 Å². The summed E-state index contributed by atoms with van der Waals surface area (Å²) in [6.07, 6.45) is 1.77. The predicted octanol–water partition coefficient (Wildman–Crippen LogP) is 2.29. The lowest BCUT2D eigenvalue weighted by Gasteiger charge is -2.00. The van der Waals surface area contributed by atoms with Crippen molar-refractivity contribution in [3.8, 4) is 0 Å². The van der Waals surface area contributed by atoms with Gasteiger partial charge in [0, 0.05) is 5.92 Å². The second-order valence-corrected chi connectivity index (χ2v) is 4.61. The van der Waals surface area contributed by atoms with Crippen molar-refractivity contribution in [1.29, 1.82) is 0 Å². The molecule has 0 bridgehead atoms. The Bertz CT molecular complexity index is 314. The van der Waals surface area contributed by atoms with E-state index in [2.05, 4.69) is 20.8 Å². The first-order valence-electron chi connectivity index (χ1n) is 4.83. The summed E-state index contributed by atoms with van der Waals surface area (Å²) in [6, 6.07) is 2.03. The molecule has 1 aromatic heterocycles. The van der Waals surface area contributed by atoms with Gasteiger partial charge < -0.3 is 10.2 Å². The van der Waals surface area contributed by atoms with E-state index in [9.17, 15) is 0 Å². The van der Waals surface area contributed by atoms with E-state index in [0.29, 0.717) is 17.3 Å². The molecule has 0 unspecified atom stereocenters. The first-order chi connectivity index (χ1) is 6.09. The number of hydrogen-bond acceptors (Lipinski definition) is 2. The normalized spacial score (nSPS) is 30.5. The molecule has 2 atom stereocenters. The van der Waals surface area contributed by atoms with Crippen LogP contribution in [0.15, 0.2) is 16.7 Å². The molecule has 0 spiro atoms. The molecule has 1 saturated carbocycles. The van der Waals surface area contributed by atoms with Crippen LogP contribution >= 0.6 is 0 Å². The molecular weight excluding hydrogens is 162 g/mol. The minimum absolute atomic E-state index is 0.331. The summed E-state index contributed by atoms with van der Waals surface area (Å²) in [7, 11) is 0. The lowest BCUT2D eigenvalue weighted by Crippen LogP contribution is -2.05. The molecular formula is C11H17NO. The molecule has 72 valence electrons. The molecule has 0 aliphatic heterocycles. The van der Waals surface area contributed by atoms with E-state index >= 15 is 0 Å². The molecule has 1 aliphatic carbocycles. The zero-order chi connectivity index (χ0) is 9.64. The second-order valence-electron chi connectivity index (χ2n) is 4.61. The fourth-order valence-electron chi connectivity index (χ4n) is 2.41. The van der Waals surface area contributed by atoms with Gasteiger partial charge in [-0.1, -0.05) is 13.8 Å². The van der Waals surface area contributed by atoms with Crippen molar-refractivity contribution in [2.24, 2.45) is 17.1 Å². The van der Waals surface area contributed by atoms with Crippen molar-refractivity contribution in [2.45, 2.75) is 26.7 Å². The molecule has 0 aromatic carbocycles. The highest BCUT2D eigenvalue weighted by Crippen LogP contribution is 2.64. The maximum atomic E-state index is 5.71. The van der Waals surface area contributed by atoms with E-state index in [1.807, 2.05) is 6.07 Å². The molecule has 1 heterocycles. The molecule has 2 rings (SSSR count). The van der Waals surface area contributed by atoms with Crippen LogP contribution in [0, 0.1) is 18.3 Å². The zero-order valence-corrected chi connectivity index (χ0v) is 8.50. The monoisotopic (exact) mass is 179 g/mol. The third-order valence-corrected chi connectivity index (χ3v) is 3.49. The van der Waals surface area contributed by atoms with Crippen LogP contribution in [0.4, 0.5) is 0 Å². The van der Waals surface area contributed by atoms with Gasteiger partial charge in [-0.3, -0.25) is 0 Å². The summed E-state index contributed by atoms with van der Waals surface area (Å²) in [5, 5.41) is 0. The molecule has 0 saturated heterocycles. The fraction of sp³-hybridized carbons (Fsp3) is 0.636. The zero-order valence-electron chi connectivity index (χ0n) is 8.50. The summed E-state index contributed by atoms with van der Waals surface area (Å²) in [6.45, 7) is 7.38. The standard InChI is InChI=1S/C11H17NO/c1-7-4-5-13-10(7)9-8(6-12)11(9,2)3/h4-5,8-9H,6,12H2,1-3H3/t8-,9+/m0/s1. The van der Waals surface area contributed by atoms with Crippen molar-refractivity contribution in [2.75, 3.05) is 6.54 Å². The van der Waals surface area contributed by atoms with Gasteiger partial charge in [0.05, 0.1) is 6.26 Å². The van der Waals surface area contributed by atoms with Gasteiger partial charge in [-0.2, -0.15) is 0 Å². The van der Waals surface area contributed by atoms with E-state index in [1.54, 1.807) is 6.26 Å². The number of hydrogen-bond donors (Lipinski definition) is 1. The SMILES string of the molecule is Cc1ccoc1[C@H]1[C@H](CN)C1(C)C. The Labute approximate surface area is 79.1 Å². The number of aryl methyl sites for hydroxylation is 1. The van der Waals surface area contributed by atoms with Crippen molar-refractivity contribution < 1.29 is 4.42 Å². The average molecular weight is 179 g/mol. The van der Waals surface area contributed by atoms with Crippen LogP contribution in [0.25, 0.3) is 0 Å². The van der Waals surface area contributed by atoms with E-state index in [-0.39, 0.29) is 0 Å². The van der Waals surface area contributed by atoms with Gasteiger partial charge in [0.15, 0.2) is 0 Å². The van der Waals surface area contributed by atoms with Gasteiger partial charge in [-0.15, -0.1) is 0 Å². The molecule has 1 aromatic rings. The molecule has 0 radical (unpaired) electrons. The van der Waals surface area contributed by atoms with Crippen molar-refractivity contribution in [3.05, 3.63) is 23.7 Å². The Morgan fingerprint density at radius 2 is 2.23 bits per heavy atom. The van der Waals surface area contributed by atoms with Crippen LogP contribution < -0.4 is 5.73 Å². The van der Waals surface area contributed by atoms with E-state index in [1.165, 1.54) is 5.56 Å². The molecule has 2 N–H and O–H groups in total. The predicted molar refractivity (Wildman–Crippen MR) is 52.5 cm³/mol. The van der Waals surface area contributed by atoms with E-state index in [0.717, 1.165) is 12.3 Å². The average Bonchev–Trinajstić information content (AvgIpc) is 2.41. The van der Waals surface area contributed by atoms with Gasteiger partial charge in [-0.25, -0.2) is 0 Å². The third kappa shape index (κ3) is 1.12. The maximum Gasteiger partial charge on any atom is 0.110 e. The summed E-state index contributed by atoms with van der Waals surface area (Å²) < 4.78 is 5.50. The van der Waals surface area contributed by atoms with Gasteiger partial charge in [0.25, 0.3) is 0 Å². The molecule has 0 amide bonds. The molecule has 1 fully saturated rings. The van der Waals surface area contributed by atoms with Crippen LogP contribution in [0.3, 0.4) is 0 Å². The number of rotatable bonds is 2. The van der Waals surface area contributed by atoms with E-state index in [4.69, 9.17) is 10.2 Å². The highest BCUT2D eigenvalue weighted by Gasteiger charge is 2.59.